The number of rotatable bonds is 2. The molecule has 0 fully saturated rings. The Morgan fingerprint density at radius 1 is 0.917 bits per heavy atom. The molecule has 1 aliphatic heterocycles. The minimum Gasteiger partial charge on any atom is -0.268 e. The molecular formula is C17H9Cl2N3O2. The average molecular weight is 358 g/mol. The summed E-state index contributed by atoms with van der Waals surface area (Å²) in [4.78, 5) is 26.1. The minimum atomic E-state index is -0.360. The summed E-state index contributed by atoms with van der Waals surface area (Å²) in [6.07, 6.45) is 3.11. The number of fused-ring (bicyclic) bond motifs is 1. The van der Waals surface area contributed by atoms with Gasteiger partial charge < -0.3 is 0 Å². The van der Waals surface area contributed by atoms with Crippen LogP contribution in [0.25, 0.3) is 5.69 Å². The minimum absolute atomic E-state index is 0.351. The first-order valence-electron chi connectivity index (χ1n) is 7.04. The summed E-state index contributed by atoms with van der Waals surface area (Å²) in [7, 11) is 0. The van der Waals surface area contributed by atoms with Crippen LogP contribution in [0.15, 0.2) is 54.9 Å². The first kappa shape index (κ1) is 14.9. The standard InChI is InChI=1S/C17H9Cl2N3O2/c18-10-8-20-21(9-10)15-6-5-11(7-14(15)19)22-16(23)12-3-1-2-4-13(12)17(22)24/h1-9H. The third-order valence-electron chi connectivity index (χ3n) is 3.78. The molecule has 3 aromatic rings. The number of imide groups is 1. The van der Waals surface area contributed by atoms with E-state index in [2.05, 4.69) is 5.10 Å². The molecule has 0 bridgehead atoms. The SMILES string of the molecule is O=C1c2ccccc2C(=O)N1c1ccc(-n2cc(Cl)cn2)c(Cl)c1. The number of benzene rings is 2. The van der Waals surface area contributed by atoms with Gasteiger partial charge in [0.2, 0.25) is 0 Å². The van der Waals surface area contributed by atoms with Crippen LogP contribution in [-0.2, 0) is 0 Å². The predicted molar refractivity (Wildman–Crippen MR) is 91.2 cm³/mol. The molecule has 118 valence electrons. The second-order valence-electron chi connectivity index (χ2n) is 5.23. The van der Waals surface area contributed by atoms with E-state index in [0.29, 0.717) is 32.5 Å². The van der Waals surface area contributed by atoms with Crippen LogP contribution < -0.4 is 4.90 Å². The van der Waals surface area contributed by atoms with Crippen LogP contribution in [0.4, 0.5) is 5.69 Å². The van der Waals surface area contributed by atoms with Crippen LogP contribution in [0.5, 0.6) is 0 Å². The molecule has 0 unspecified atom stereocenters. The highest BCUT2D eigenvalue weighted by Gasteiger charge is 2.36. The summed E-state index contributed by atoms with van der Waals surface area (Å²) in [6, 6.07) is 11.6. The lowest BCUT2D eigenvalue weighted by atomic mass is 10.1. The van der Waals surface area contributed by atoms with Gasteiger partial charge in [0, 0.05) is 6.20 Å². The zero-order valence-electron chi connectivity index (χ0n) is 12.1. The molecule has 0 N–H and O–H groups in total. The van der Waals surface area contributed by atoms with Gasteiger partial charge in [-0.2, -0.15) is 5.10 Å². The zero-order valence-corrected chi connectivity index (χ0v) is 13.6. The largest absolute Gasteiger partial charge is 0.268 e. The number of carbonyl (C=O) groups is 2. The van der Waals surface area contributed by atoms with E-state index in [1.807, 2.05) is 0 Å². The molecule has 24 heavy (non-hydrogen) atoms. The fraction of sp³-hybridized carbons (Fsp3) is 0. The molecule has 0 atom stereocenters. The van der Waals surface area contributed by atoms with Gasteiger partial charge in [-0.15, -0.1) is 0 Å². The van der Waals surface area contributed by atoms with Gasteiger partial charge in [0.05, 0.1) is 38.7 Å². The molecule has 2 amide bonds. The second kappa shape index (κ2) is 5.47. The first-order valence-corrected chi connectivity index (χ1v) is 7.80. The molecule has 2 aromatic carbocycles. The fourth-order valence-electron chi connectivity index (χ4n) is 2.68. The molecule has 2 heterocycles. The van der Waals surface area contributed by atoms with Gasteiger partial charge in [-0.1, -0.05) is 35.3 Å². The fourth-order valence-corrected chi connectivity index (χ4v) is 3.07. The smallest absolute Gasteiger partial charge is 0.266 e. The van der Waals surface area contributed by atoms with E-state index in [4.69, 9.17) is 23.2 Å². The van der Waals surface area contributed by atoms with Crippen molar-refractivity contribution in [3.63, 3.8) is 0 Å². The van der Waals surface area contributed by atoms with E-state index in [-0.39, 0.29) is 11.8 Å². The van der Waals surface area contributed by atoms with E-state index in [1.54, 1.807) is 48.7 Å². The molecule has 1 aliphatic rings. The Kier molecular flexibility index (Phi) is 3.40. The van der Waals surface area contributed by atoms with Crippen LogP contribution in [0.1, 0.15) is 20.7 Å². The first-order chi connectivity index (χ1) is 11.6. The Hall–Kier alpha value is -2.63. The maximum Gasteiger partial charge on any atom is 0.266 e. The Balaban J connectivity index is 1.75. The molecule has 0 saturated heterocycles. The molecule has 0 spiro atoms. The summed E-state index contributed by atoms with van der Waals surface area (Å²) in [5.41, 5.74) is 1.79. The molecule has 4 rings (SSSR count). The number of anilines is 1. The van der Waals surface area contributed by atoms with Crippen molar-refractivity contribution in [1.29, 1.82) is 0 Å². The van der Waals surface area contributed by atoms with E-state index in [1.165, 1.54) is 10.9 Å². The van der Waals surface area contributed by atoms with Crippen molar-refractivity contribution in [2.45, 2.75) is 0 Å². The third kappa shape index (κ3) is 2.21. The highest BCUT2D eigenvalue weighted by atomic mass is 35.5. The number of carbonyl (C=O) groups excluding carboxylic acids is 2. The van der Waals surface area contributed by atoms with Gasteiger partial charge >= 0.3 is 0 Å². The molecule has 7 heteroatoms. The number of aromatic nitrogens is 2. The molecule has 0 radical (unpaired) electrons. The lowest BCUT2D eigenvalue weighted by molar-refractivity contribution is 0.0926. The summed E-state index contributed by atoms with van der Waals surface area (Å²) in [5.74, 6) is -0.719. The monoisotopic (exact) mass is 357 g/mol. The Labute approximate surface area is 147 Å². The van der Waals surface area contributed by atoms with Gasteiger partial charge in [0.25, 0.3) is 11.8 Å². The van der Waals surface area contributed by atoms with E-state index < -0.39 is 0 Å². The van der Waals surface area contributed by atoms with Crippen LogP contribution in [0, 0.1) is 0 Å². The van der Waals surface area contributed by atoms with Gasteiger partial charge in [-0.05, 0) is 30.3 Å². The van der Waals surface area contributed by atoms with Gasteiger partial charge in [-0.25, -0.2) is 9.58 Å². The zero-order chi connectivity index (χ0) is 16.8. The van der Waals surface area contributed by atoms with E-state index in [9.17, 15) is 9.59 Å². The van der Waals surface area contributed by atoms with Crippen molar-refractivity contribution >= 4 is 40.7 Å². The maximum absolute atomic E-state index is 12.5. The lowest BCUT2D eigenvalue weighted by Crippen LogP contribution is -2.29. The Bertz CT molecular complexity index is 962. The molecule has 1 aromatic heterocycles. The van der Waals surface area contributed by atoms with Crippen molar-refractivity contribution in [1.82, 2.24) is 9.78 Å². The number of hydrogen-bond donors (Lipinski definition) is 0. The van der Waals surface area contributed by atoms with Crippen molar-refractivity contribution in [3.8, 4) is 5.69 Å². The van der Waals surface area contributed by atoms with Gasteiger partial charge in [0.1, 0.15) is 0 Å². The predicted octanol–water partition coefficient (Wildman–Crippen LogP) is 3.98. The molecule has 0 aliphatic carbocycles. The highest BCUT2D eigenvalue weighted by molar-refractivity contribution is 6.36. The second-order valence-corrected chi connectivity index (χ2v) is 6.07. The average Bonchev–Trinajstić information content (AvgIpc) is 3.10. The molecular weight excluding hydrogens is 349 g/mol. The van der Waals surface area contributed by atoms with Crippen molar-refractivity contribution < 1.29 is 9.59 Å². The topological polar surface area (TPSA) is 55.2 Å². The Morgan fingerprint density at radius 3 is 2.12 bits per heavy atom. The van der Waals surface area contributed by atoms with E-state index >= 15 is 0 Å². The quantitative estimate of drug-likeness (QED) is 0.651. The number of nitrogens with zero attached hydrogens (tertiary/aromatic N) is 3. The number of hydrogen-bond acceptors (Lipinski definition) is 3. The van der Waals surface area contributed by atoms with Crippen molar-refractivity contribution in [2.24, 2.45) is 0 Å². The van der Waals surface area contributed by atoms with Crippen molar-refractivity contribution in [2.75, 3.05) is 4.90 Å². The van der Waals surface area contributed by atoms with Gasteiger partial charge in [0.15, 0.2) is 0 Å². The summed E-state index contributed by atoms with van der Waals surface area (Å²) in [5, 5.41) is 4.92. The maximum atomic E-state index is 12.5. The van der Waals surface area contributed by atoms with Crippen molar-refractivity contribution in [3.05, 3.63) is 76.0 Å². The summed E-state index contributed by atoms with van der Waals surface area (Å²) >= 11 is 12.2. The highest BCUT2D eigenvalue weighted by Crippen LogP contribution is 2.32. The lowest BCUT2D eigenvalue weighted by Gasteiger charge is -2.15. The van der Waals surface area contributed by atoms with E-state index in [0.717, 1.165) is 4.90 Å². The van der Waals surface area contributed by atoms with Crippen LogP contribution in [-0.4, -0.2) is 21.6 Å². The normalized spacial score (nSPS) is 13.5. The molecule has 0 saturated carbocycles. The molecule has 5 nitrogen and oxygen atoms in total. The summed E-state index contributed by atoms with van der Waals surface area (Å²) < 4.78 is 1.52. The summed E-state index contributed by atoms with van der Waals surface area (Å²) in [6.45, 7) is 0. The van der Waals surface area contributed by atoms with Crippen LogP contribution in [0.2, 0.25) is 10.0 Å². The number of halogens is 2. The number of amides is 2. The Morgan fingerprint density at radius 2 is 1.58 bits per heavy atom. The third-order valence-corrected chi connectivity index (χ3v) is 4.28. The van der Waals surface area contributed by atoms with Crippen LogP contribution >= 0.6 is 23.2 Å². The van der Waals surface area contributed by atoms with Gasteiger partial charge in [-0.3, -0.25) is 9.59 Å². The van der Waals surface area contributed by atoms with Crippen LogP contribution in [0.3, 0.4) is 0 Å².